The van der Waals surface area contributed by atoms with Crippen LogP contribution in [0.2, 0.25) is 0 Å². The highest BCUT2D eigenvalue weighted by Gasteiger charge is 2.34. The molecule has 2 aromatic rings. The number of allylic oxidation sites excluding steroid dienone is 2. The van der Waals surface area contributed by atoms with Gasteiger partial charge >= 0.3 is 0 Å². The summed E-state index contributed by atoms with van der Waals surface area (Å²) in [5.41, 5.74) is 3.24. The quantitative estimate of drug-likeness (QED) is 0.902. The molecule has 0 saturated carbocycles. The van der Waals surface area contributed by atoms with E-state index in [9.17, 15) is 9.59 Å². The van der Waals surface area contributed by atoms with E-state index in [1.165, 1.54) is 11.3 Å². The maximum Gasteiger partial charge on any atom is 0.226 e. The largest absolute Gasteiger partial charge is 0.351 e. The second-order valence-electron chi connectivity index (χ2n) is 5.18. The fourth-order valence-corrected chi connectivity index (χ4v) is 3.33. The number of aromatic nitrogens is 1. The Bertz CT molecular complexity index is 852. The Morgan fingerprint density at radius 3 is 2.50 bits per heavy atom. The van der Waals surface area contributed by atoms with Gasteiger partial charge in [0.25, 0.3) is 0 Å². The fraction of sp³-hybridized carbons (Fsp3) is 0.188. The molecule has 112 valence electrons. The number of hydrogen-bond donors (Lipinski definition) is 1. The molecule has 1 aliphatic rings. The van der Waals surface area contributed by atoms with Crippen LogP contribution in [0.1, 0.15) is 36.3 Å². The molecule has 4 nitrogen and oxygen atoms in total. The summed E-state index contributed by atoms with van der Waals surface area (Å²) >= 11 is 7.31. The zero-order valence-corrected chi connectivity index (χ0v) is 13.9. The van der Waals surface area contributed by atoms with Crippen LogP contribution in [0, 0.1) is 20.8 Å². The molecule has 0 spiro atoms. The van der Waals surface area contributed by atoms with Crippen molar-refractivity contribution in [1.82, 2.24) is 4.98 Å². The number of aryl methyl sites for hydroxylation is 3. The molecule has 1 aromatic heterocycles. The Labute approximate surface area is 136 Å². The zero-order valence-electron chi connectivity index (χ0n) is 12.3. The molecule has 1 N–H and O–H groups in total. The number of rotatable bonds is 2. The normalized spacial score (nSPS) is 14.4. The molecule has 0 atom stereocenters. The van der Waals surface area contributed by atoms with Crippen molar-refractivity contribution in [3.8, 4) is 0 Å². The molecule has 0 amide bonds. The van der Waals surface area contributed by atoms with E-state index >= 15 is 0 Å². The van der Waals surface area contributed by atoms with Gasteiger partial charge in [-0.15, -0.1) is 11.3 Å². The van der Waals surface area contributed by atoms with Crippen molar-refractivity contribution in [1.29, 1.82) is 0 Å². The number of nitrogens with one attached hydrogen (secondary N) is 1. The van der Waals surface area contributed by atoms with Crippen LogP contribution in [-0.2, 0) is 0 Å². The van der Waals surface area contributed by atoms with Crippen LogP contribution < -0.4 is 5.32 Å². The molecular weight excluding hydrogens is 320 g/mol. The molecule has 0 radical (unpaired) electrons. The van der Waals surface area contributed by atoms with Gasteiger partial charge in [0.1, 0.15) is 21.3 Å². The number of ketones is 2. The Morgan fingerprint density at radius 1 is 1.09 bits per heavy atom. The fourth-order valence-electron chi connectivity index (χ4n) is 2.24. The van der Waals surface area contributed by atoms with Crippen molar-refractivity contribution in [3.63, 3.8) is 0 Å². The molecule has 22 heavy (non-hydrogen) atoms. The third-order valence-electron chi connectivity index (χ3n) is 3.58. The number of benzene rings is 1. The number of hydrogen-bond acceptors (Lipinski definition) is 5. The van der Waals surface area contributed by atoms with Gasteiger partial charge in [-0.1, -0.05) is 17.7 Å². The third kappa shape index (κ3) is 2.36. The third-order valence-corrected chi connectivity index (χ3v) is 4.91. The first-order valence-electron chi connectivity index (χ1n) is 6.69. The zero-order chi connectivity index (χ0) is 16.0. The van der Waals surface area contributed by atoms with E-state index in [2.05, 4.69) is 10.3 Å². The van der Waals surface area contributed by atoms with E-state index in [0.29, 0.717) is 9.88 Å². The summed E-state index contributed by atoms with van der Waals surface area (Å²) in [6.07, 6.45) is 0. The highest BCUT2D eigenvalue weighted by molar-refractivity contribution is 7.14. The van der Waals surface area contributed by atoms with Gasteiger partial charge in [-0.25, -0.2) is 4.98 Å². The molecule has 0 saturated heterocycles. The van der Waals surface area contributed by atoms with Crippen molar-refractivity contribution in [2.75, 3.05) is 5.32 Å². The van der Waals surface area contributed by atoms with Crippen molar-refractivity contribution in [2.45, 2.75) is 20.8 Å². The summed E-state index contributed by atoms with van der Waals surface area (Å²) < 4.78 is 0. The van der Waals surface area contributed by atoms with Gasteiger partial charge in [-0.3, -0.25) is 9.59 Å². The molecule has 1 aliphatic carbocycles. The van der Waals surface area contributed by atoms with Crippen LogP contribution in [-0.4, -0.2) is 16.6 Å². The minimum Gasteiger partial charge on any atom is -0.351 e. The summed E-state index contributed by atoms with van der Waals surface area (Å²) in [7, 11) is 0. The van der Waals surface area contributed by atoms with Crippen LogP contribution in [0.3, 0.4) is 0 Å². The number of Topliss-reactive ketones (excluding diaryl/α,β-unsaturated/α-hetero) is 2. The van der Waals surface area contributed by atoms with Crippen molar-refractivity contribution >= 4 is 40.2 Å². The maximum atomic E-state index is 12.6. The van der Waals surface area contributed by atoms with E-state index in [1.807, 2.05) is 32.0 Å². The Kier molecular flexibility index (Phi) is 3.62. The topological polar surface area (TPSA) is 59.1 Å². The molecule has 0 unspecified atom stereocenters. The molecule has 6 heteroatoms. The van der Waals surface area contributed by atoms with Gasteiger partial charge < -0.3 is 5.32 Å². The summed E-state index contributed by atoms with van der Waals surface area (Å²) in [6.45, 7) is 5.75. The highest BCUT2D eigenvalue weighted by Crippen LogP contribution is 2.32. The van der Waals surface area contributed by atoms with Crippen molar-refractivity contribution in [2.24, 2.45) is 0 Å². The lowest BCUT2D eigenvalue weighted by Crippen LogP contribution is -2.23. The lowest BCUT2D eigenvalue weighted by molar-refractivity contribution is 0.0982. The standard InChI is InChI=1S/C16H13ClN2O2S/c1-7-4-5-10(6-8(7)2)19-12-11(17)14(20)13-16(15(12)21)22-9(3)18-13/h4-6,19H,1-3H3. The average molecular weight is 333 g/mol. The lowest BCUT2D eigenvalue weighted by atomic mass is 10.0. The van der Waals surface area contributed by atoms with Crippen LogP contribution >= 0.6 is 22.9 Å². The minimum absolute atomic E-state index is 0.110. The average Bonchev–Trinajstić information content (AvgIpc) is 2.87. The number of thiazole rings is 1. The van der Waals surface area contributed by atoms with E-state index in [4.69, 9.17) is 11.6 Å². The predicted octanol–water partition coefficient (Wildman–Crippen LogP) is 4.01. The molecule has 1 aromatic carbocycles. The lowest BCUT2D eigenvalue weighted by Gasteiger charge is -2.16. The van der Waals surface area contributed by atoms with Gasteiger partial charge in [0.15, 0.2) is 0 Å². The first-order valence-corrected chi connectivity index (χ1v) is 7.89. The van der Waals surface area contributed by atoms with Crippen LogP contribution in [0.15, 0.2) is 28.9 Å². The molecule has 1 heterocycles. The molecule has 0 fully saturated rings. The van der Waals surface area contributed by atoms with E-state index in [1.54, 1.807) is 6.92 Å². The Morgan fingerprint density at radius 2 is 1.82 bits per heavy atom. The SMILES string of the molecule is Cc1nc2c(s1)C(=O)C(Nc1ccc(C)c(C)c1)=C(Cl)C2=O. The van der Waals surface area contributed by atoms with E-state index in [0.717, 1.165) is 16.8 Å². The maximum absolute atomic E-state index is 12.6. The van der Waals surface area contributed by atoms with Gasteiger partial charge in [0.05, 0.1) is 5.01 Å². The predicted molar refractivity (Wildman–Crippen MR) is 87.9 cm³/mol. The van der Waals surface area contributed by atoms with Crippen molar-refractivity contribution in [3.05, 3.63) is 55.6 Å². The number of carbonyl (C=O) groups is 2. The first-order chi connectivity index (χ1) is 10.4. The molecule has 3 rings (SSSR count). The van der Waals surface area contributed by atoms with E-state index < -0.39 is 5.78 Å². The number of nitrogens with zero attached hydrogens (tertiary/aromatic N) is 1. The number of anilines is 1. The van der Waals surface area contributed by atoms with Gasteiger partial charge in [-0.05, 0) is 44.0 Å². The van der Waals surface area contributed by atoms with Crippen molar-refractivity contribution < 1.29 is 9.59 Å². The number of halogens is 1. The van der Waals surface area contributed by atoms with Gasteiger partial charge in [0, 0.05) is 5.69 Å². The highest BCUT2D eigenvalue weighted by atomic mass is 35.5. The monoisotopic (exact) mass is 332 g/mol. The van der Waals surface area contributed by atoms with E-state index in [-0.39, 0.29) is 22.2 Å². The Hall–Kier alpha value is -1.98. The summed E-state index contributed by atoms with van der Waals surface area (Å²) in [5, 5.41) is 3.55. The second kappa shape index (κ2) is 5.34. The van der Waals surface area contributed by atoms with Crippen LogP contribution in [0.25, 0.3) is 0 Å². The summed E-state index contributed by atoms with van der Waals surface area (Å²) in [5.74, 6) is -0.699. The van der Waals surface area contributed by atoms with Gasteiger partial charge in [0.2, 0.25) is 11.6 Å². The summed E-state index contributed by atoms with van der Waals surface area (Å²) in [4.78, 5) is 29.3. The second-order valence-corrected chi connectivity index (χ2v) is 6.76. The smallest absolute Gasteiger partial charge is 0.226 e. The van der Waals surface area contributed by atoms with Gasteiger partial charge in [-0.2, -0.15) is 0 Å². The minimum atomic E-state index is -0.410. The number of carbonyl (C=O) groups excluding carboxylic acids is 2. The first kappa shape index (κ1) is 14.9. The molecule has 0 bridgehead atoms. The summed E-state index contributed by atoms with van der Waals surface area (Å²) in [6, 6.07) is 5.71. The molecule has 0 aliphatic heterocycles. The Balaban J connectivity index is 2.02. The number of fused-ring (bicyclic) bond motifs is 1. The van der Waals surface area contributed by atoms with Crippen LogP contribution in [0.5, 0.6) is 0 Å². The molecular formula is C16H13ClN2O2S. The van der Waals surface area contributed by atoms with Crippen LogP contribution in [0.4, 0.5) is 5.69 Å².